The molecule has 15 heteroatoms. The van der Waals surface area contributed by atoms with Crippen LogP contribution in [-0.4, -0.2) is 55.2 Å². The molecule has 0 aliphatic heterocycles. The lowest BCUT2D eigenvalue weighted by Crippen LogP contribution is -1.91. The molecule has 0 saturated carbocycles. The number of nitrogens with two attached hydrogens (primary N) is 2. The van der Waals surface area contributed by atoms with E-state index in [-0.39, 0.29) is 76.2 Å². The van der Waals surface area contributed by atoms with Crippen molar-refractivity contribution in [2.45, 2.75) is 36.6 Å². The van der Waals surface area contributed by atoms with Crippen LogP contribution in [0.4, 0.5) is 5.69 Å². The van der Waals surface area contributed by atoms with Crippen molar-refractivity contribution in [2.24, 2.45) is 5.73 Å². The first-order valence-electron chi connectivity index (χ1n) is 4.92. The molecule has 15 nitrogen and oxygen atoms in total. The van der Waals surface area contributed by atoms with Crippen LogP contribution in [-0.2, 0) is 14.4 Å². The Balaban J connectivity index is -0.00000000698. The molecule has 0 aliphatic rings. The zero-order valence-corrected chi connectivity index (χ0v) is 16.0. The van der Waals surface area contributed by atoms with Crippen molar-refractivity contribution in [2.75, 3.05) is 19.4 Å². The van der Waals surface area contributed by atoms with Gasteiger partial charge in [0.1, 0.15) is 19.3 Å². The minimum atomic E-state index is 0. The number of isocyanates is 1. The number of carbonyl (C=O) groups is 2. The van der Waals surface area contributed by atoms with E-state index < -0.39 is 0 Å². The van der Waals surface area contributed by atoms with Crippen molar-refractivity contribution in [1.29, 1.82) is 5.41 Å². The fraction of sp³-hybridized carbons (Fsp3) is 0.438. The molecule has 0 aliphatic carbocycles. The van der Waals surface area contributed by atoms with E-state index in [2.05, 4.69) is 5.73 Å². The Labute approximate surface area is 189 Å². The van der Waals surface area contributed by atoms with Gasteiger partial charge in [0.15, 0.2) is 0 Å². The molecule has 0 heterocycles. The van der Waals surface area contributed by atoms with E-state index in [1.807, 2.05) is 44.8 Å². The Morgan fingerprint density at radius 1 is 0.806 bits per heavy atom. The number of nitrogens with one attached hydrogen (secondary N) is 1. The number of carbonyl (C=O) groups excluding carboxylic acids is 3. The Kier molecular flexibility index (Phi) is 814. The molecule has 204 valence electrons. The number of hydrogen-bond donors (Lipinski definition) is 7. The minimum absolute atomic E-state index is 0. The molecule has 0 amide bonds. The average molecular weight is 476 g/mol. The zero-order valence-electron chi connectivity index (χ0n) is 16.0. The maximum absolute atomic E-state index is 8.35. The molecule has 0 radical (unpaired) electrons. The standard InChI is InChI=1S/C8H11NO.CHNO.CH5N.2CH2O.4CH4.4H3N.4H2O/c1-2-10-8-5-3-7(9)4-6-8;2-1-3;3*1-2;;;;;;;;;;;;/h3-6H,2,9H2,1H3;2H;2H2,1H3;2*1H2;4*1H4;4*1H3;4*1H2. The molecule has 25 N–H and O–H groups in total. The number of hydrogen-bond acceptors (Lipinski definition) is 11. The summed E-state index contributed by atoms with van der Waals surface area (Å²) in [6.45, 7) is 6.65. The molecule has 0 bridgehead atoms. The zero-order chi connectivity index (χ0) is 16.1. The van der Waals surface area contributed by atoms with Crippen molar-refractivity contribution in [3.63, 3.8) is 0 Å². The number of anilines is 1. The monoisotopic (exact) mass is 475 g/mol. The summed E-state index contributed by atoms with van der Waals surface area (Å²) in [5.74, 6) is 0.872. The van der Waals surface area contributed by atoms with Crippen LogP contribution in [0.3, 0.4) is 0 Å². The highest BCUT2D eigenvalue weighted by Gasteiger charge is 1.88. The SMILES string of the molecule is C.C.C.C.C=O.C=O.CCOc1ccc(N)cc1.CN.N.N.N.N.N=C=O.O.O.O.O. The molecule has 0 spiro atoms. The third-order valence-corrected chi connectivity index (χ3v) is 1.19. The van der Waals surface area contributed by atoms with Crippen molar-refractivity contribution >= 4 is 25.3 Å². The van der Waals surface area contributed by atoms with E-state index in [0.717, 1.165) is 17.5 Å². The summed E-state index contributed by atoms with van der Waals surface area (Å²) in [5.41, 5.74) is 10.7. The molecule has 0 fully saturated rings. The van der Waals surface area contributed by atoms with Crippen LogP contribution in [0.1, 0.15) is 36.6 Å². The van der Waals surface area contributed by atoms with Gasteiger partial charge >= 0.3 is 0 Å². The van der Waals surface area contributed by atoms with Crippen molar-refractivity contribution in [3.05, 3.63) is 24.3 Å². The molecular formula is C16H57N7O8. The molecule has 1 aromatic carbocycles. The summed E-state index contributed by atoms with van der Waals surface area (Å²) in [4.78, 5) is 24.3. The fourth-order valence-corrected chi connectivity index (χ4v) is 0.731. The largest absolute Gasteiger partial charge is 0.494 e. The van der Waals surface area contributed by atoms with E-state index in [9.17, 15) is 0 Å². The van der Waals surface area contributed by atoms with Gasteiger partial charge in [-0.25, -0.2) is 10.2 Å². The van der Waals surface area contributed by atoms with Crippen LogP contribution >= 0.6 is 0 Å². The van der Waals surface area contributed by atoms with Gasteiger partial charge in [0.25, 0.3) is 0 Å². The minimum Gasteiger partial charge on any atom is -0.494 e. The third-order valence-electron chi connectivity index (χ3n) is 1.19. The van der Waals surface area contributed by atoms with Gasteiger partial charge in [-0.15, -0.1) is 0 Å². The summed E-state index contributed by atoms with van der Waals surface area (Å²) in [6, 6.07) is 7.37. The van der Waals surface area contributed by atoms with E-state index in [1.54, 1.807) is 0 Å². The predicted molar refractivity (Wildman–Crippen MR) is 136 cm³/mol. The van der Waals surface area contributed by atoms with Crippen LogP contribution in [0, 0.1) is 5.41 Å². The van der Waals surface area contributed by atoms with Gasteiger partial charge in [-0.1, -0.05) is 29.7 Å². The maximum Gasteiger partial charge on any atom is 0.231 e. The first-order chi connectivity index (χ1) is 9.24. The van der Waals surface area contributed by atoms with Gasteiger partial charge in [0, 0.05) is 5.69 Å². The smallest absolute Gasteiger partial charge is 0.231 e. The van der Waals surface area contributed by atoms with Gasteiger partial charge < -0.3 is 72.3 Å². The number of nitrogen functional groups attached to an aromatic ring is 1. The van der Waals surface area contributed by atoms with E-state index in [1.165, 1.54) is 7.05 Å². The highest BCUT2D eigenvalue weighted by atomic mass is 16.5. The van der Waals surface area contributed by atoms with Crippen molar-refractivity contribution in [3.8, 4) is 5.75 Å². The lowest BCUT2D eigenvalue weighted by Gasteiger charge is -2.01. The number of ether oxygens (including phenoxy) is 1. The van der Waals surface area contributed by atoms with Gasteiger partial charge in [-0.05, 0) is 38.2 Å². The molecular weight excluding hydrogens is 418 g/mol. The molecule has 0 atom stereocenters. The van der Waals surface area contributed by atoms with Crippen molar-refractivity contribution in [1.82, 2.24) is 24.6 Å². The normalized spacial score (nSPS) is 3.71. The topological polar surface area (TPSA) is 402 Å². The van der Waals surface area contributed by atoms with Crippen molar-refractivity contribution < 1.29 is 41.0 Å². The summed E-state index contributed by atoms with van der Waals surface area (Å²) in [5, 5.41) is 5.40. The molecule has 31 heavy (non-hydrogen) atoms. The summed E-state index contributed by atoms with van der Waals surface area (Å²) in [6.07, 6.45) is 0.750. The lowest BCUT2D eigenvalue weighted by atomic mass is 10.3. The second kappa shape index (κ2) is 180. The fourth-order valence-electron chi connectivity index (χ4n) is 0.731. The Morgan fingerprint density at radius 2 is 1.00 bits per heavy atom. The first-order valence-corrected chi connectivity index (χ1v) is 4.92. The highest BCUT2D eigenvalue weighted by Crippen LogP contribution is 2.12. The second-order valence-corrected chi connectivity index (χ2v) is 2.10. The van der Waals surface area contributed by atoms with Crippen LogP contribution in [0.2, 0.25) is 0 Å². The van der Waals surface area contributed by atoms with E-state index >= 15 is 0 Å². The molecule has 1 rings (SSSR count). The maximum atomic E-state index is 8.35. The molecule has 0 unspecified atom stereocenters. The van der Waals surface area contributed by atoms with Crippen LogP contribution in [0.5, 0.6) is 5.75 Å². The molecule has 0 saturated heterocycles. The van der Waals surface area contributed by atoms with Crippen LogP contribution < -0.4 is 40.8 Å². The quantitative estimate of drug-likeness (QED) is 0.178. The number of rotatable bonds is 2. The van der Waals surface area contributed by atoms with Gasteiger partial charge in [0.2, 0.25) is 6.08 Å². The van der Waals surface area contributed by atoms with E-state index in [0.29, 0.717) is 6.61 Å². The predicted octanol–water partition coefficient (Wildman–Crippen LogP) is 0.667. The summed E-state index contributed by atoms with van der Waals surface area (Å²) < 4.78 is 5.21. The van der Waals surface area contributed by atoms with E-state index in [4.69, 9.17) is 30.3 Å². The Bertz CT molecular complexity index is 317. The average Bonchev–Trinajstić information content (AvgIpc) is 2.49. The van der Waals surface area contributed by atoms with Crippen LogP contribution in [0.15, 0.2) is 24.3 Å². The van der Waals surface area contributed by atoms with Gasteiger partial charge in [0.05, 0.1) is 6.61 Å². The van der Waals surface area contributed by atoms with Crippen LogP contribution in [0.25, 0.3) is 0 Å². The first kappa shape index (κ1) is 140. The Morgan fingerprint density at radius 3 is 1.16 bits per heavy atom. The van der Waals surface area contributed by atoms with Gasteiger partial charge in [-0.3, -0.25) is 0 Å². The summed E-state index contributed by atoms with van der Waals surface area (Å²) >= 11 is 0. The van der Waals surface area contributed by atoms with Gasteiger partial charge in [-0.2, -0.15) is 0 Å². The third kappa shape index (κ3) is 166. The molecule has 1 aromatic rings. The lowest BCUT2D eigenvalue weighted by molar-refractivity contribution is -0.0987. The second-order valence-electron chi connectivity index (χ2n) is 2.10. The summed E-state index contributed by atoms with van der Waals surface area (Å²) in [7, 11) is 1.50. The molecule has 0 aromatic heterocycles. The number of benzene rings is 1. The Hall–Kier alpha value is -2.82. The highest BCUT2D eigenvalue weighted by molar-refractivity contribution is 5.41.